The zero-order chi connectivity index (χ0) is 57.8. The number of H-pyrrole nitrogens is 2. The van der Waals surface area contributed by atoms with Crippen LogP contribution in [-0.2, 0) is 69.1 Å². The number of hydrogen-bond acceptors (Lipinski definition) is 12. The molecule has 0 saturated heterocycles. The third kappa shape index (κ3) is 18.6. The van der Waals surface area contributed by atoms with Gasteiger partial charge in [0.25, 0.3) is 0 Å². The molecular formula is C56H74N14O8S2. The number of aromatic nitrogens is 3. The Morgan fingerprint density at radius 2 is 1.35 bits per heavy atom. The minimum atomic E-state index is -1.37. The average molecular weight is 1140 g/mol. The summed E-state index contributed by atoms with van der Waals surface area (Å²) >= 11 is 2.76. The highest BCUT2D eigenvalue weighted by atomic mass is 32.2. The molecular weight excluding hydrogens is 1060 g/mol. The molecule has 0 unspecified atom stereocenters. The first-order valence-electron chi connectivity index (χ1n) is 26.6. The number of amides is 8. The first-order chi connectivity index (χ1) is 38.3. The molecule has 2 bridgehead atoms. The zero-order valence-corrected chi connectivity index (χ0v) is 47.1. The summed E-state index contributed by atoms with van der Waals surface area (Å²) in [6, 6.07) is 15.2. The van der Waals surface area contributed by atoms with Crippen molar-refractivity contribution in [2.24, 2.45) is 22.2 Å². The van der Waals surface area contributed by atoms with Crippen LogP contribution in [0.1, 0.15) is 87.7 Å². The smallest absolute Gasteiger partial charge is 0.244 e. The van der Waals surface area contributed by atoms with E-state index in [1.807, 2.05) is 55.5 Å². The second-order valence-electron chi connectivity index (χ2n) is 20.3. The van der Waals surface area contributed by atoms with E-state index in [0.717, 1.165) is 28.5 Å². The SMILES string of the molecule is CCCC[C@H](NC(C)=O)C(=O)N[C@H]1CSCc2ccc(cc2)CSC(C)(C)[C@@H](C(N)=O)NC(=O)[C@H](Cc2c[nH]c3ccccc23)NC(=O)[C@H](CCCN=C(N)N)NC(=O)[C@@H](Cc2ccccc2)NC(=O)[C@H](Cc2cnc[nH]2)NC1=O. The maximum absolute atomic E-state index is 14.9. The predicted octanol–water partition coefficient (Wildman–Crippen LogP) is 2.02. The van der Waals surface area contributed by atoms with Gasteiger partial charge in [0, 0.05) is 83.7 Å². The first-order valence-corrected chi connectivity index (χ1v) is 28.7. The van der Waals surface area contributed by atoms with Crippen molar-refractivity contribution < 1.29 is 38.4 Å². The largest absolute Gasteiger partial charge is 0.370 e. The molecule has 15 N–H and O–H groups in total. The highest BCUT2D eigenvalue weighted by Crippen LogP contribution is 2.32. The van der Waals surface area contributed by atoms with Crippen LogP contribution in [0.4, 0.5) is 0 Å². The number of aromatic amines is 2. The van der Waals surface area contributed by atoms with Crippen molar-refractivity contribution in [3.05, 3.63) is 126 Å². The minimum absolute atomic E-state index is 0.0405. The van der Waals surface area contributed by atoms with Crippen LogP contribution in [0.5, 0.6) is 0 Å². The maximum atomic E-state index is 14.9. The molecule has 80 heavy (non-hydrogen) atoms. The molecule has 0 aliphatic carbocycles. The molecule has 4 heterocycles. The second kappa shape index (κ2) is 29.9. The first kappa shape index (κ1) is 61.4. The average Bonchev–Trinajstić information content (AvgIpc) is 4.11. The standard InChI is InChI=1S/C56H74N14O8S2/c1-5-6-16-41(64-33(2)71)49(73)69-46-31-79-29-35-19-21-36(22-20-35)30-80-56(3,4)47(48(57)72)70-53(77)44(25-37-27-62-40-17-11-10-15-39(37)40)67-50(74)42(18-12-23-61-55(58)59)65-51(75)43(24-34-13-8-7-9-14-34)66-52(76)45(68-54(46)78)26-38-28-60-32-63-38/h7-11,13-15,17,19-22,27-28,32,41-47,62H,5-6,12,16,18,23-26,29-31H2,1-4H3,(H2,57,72)(H,60,63)(H,64,71)(H,65,75)(H,66,76)(H,67,74)(H,68,78)(H,69,73)(H,70,77)(H4,58,59,61)/t41-,42-,43+,44-,45-,46-,47+/m0/s1. The summed E-state index contributed by atoms with van der Waals surface area (Å²) < 4.78 is -0.983. The Morgan fingerprint density at radius 3 is 2.00 bits per heavy atom. The Morgan fingerprint density at radius 1 is 0.738 bits per heavy atom. The molecule has 0 saturated carbocycles. The summed E-state index contributed by atoms with van der Waals surface area (Å²) in [4.78, 5) is 128. The van der Waals surface area contributed by atoms with E-state index in [2.05, 4.69) is 57.2 Å². The van der Waals surface area contributed by atoms with Crippen molar-refractivity contribution in [2.45, 2.75) is 138 Å². The number of thioether (sulfide) groups is 2. The van der Waals surface area contributed by atoms with Crippen LogP contribution in [0.2, 0.25) is 0 Å². The number of para-hydroxylation sites is 1. The second-order valence-corrected chi connectivity index (χ2v) is 22.9. The number of imidazole rings is 1. The number of carbonyl (C=O) groups excluding carboxylic acids is 8. The van der Waals surface area contributed by atoms with Gasteiger partial charge in [-0.05, 0) is 61.4 Å². The van der Waals surface area contributed by atoms with Crippen molar-refractivity contribution in [1.29, 1.82) is 0 Å². The summed E-state index contributed by atoms with van der Waals surface area (Å²) in [5.74, 6) is -4.85. The van der Waals surface area contributed by atoms with Crippen molar-refractivity contribution in [2.75, 3.05) is 12.3 Å². The van der Waals surface area contributed by atoms with E-state index in [1.165, 1.54) is 43.0 Å². The predicted molar refractivity (Wildman–Crippen MR) is 310 cm³/mol. The van der Waals surface area contributed by atoms with Crippen LogP contribution >= 0.6 is 23.5 Å². The van der Waals surface area contributed by atoms with Gasteiger partial charge in [-0.2, -0.15) is 11.8 Å². The molecule has 2 aliphatic rings. The Hall–Kier alpha value is -7.86. The third-order valence-corrected chi connectivity index (χ3v) is 16.0. The van der Waals surface area contributed by atoms with Gasteiger partial charge >= 0.3 is 0 Å². The molecule has 2 aliphatic heterocycles. The van der Waals surface area contributed by atoms with Gasteiger partial charge in [-0.15, -0.1) is 11.8 Å². The molecule has 24 heteroatoms. The summed E-state index contributed by atoms with van der Waals surface area (Å²) in [5, 5.41) is 20.6. The fraction of sp³-hybridized carbons (Fsp3) is 0.429. The molecule has 0 spiro atoms. The number of primary amides is 1. The van der Waals surface area contributed by atoms with E-state index >= 15 is 0 Å². The molecule has 8 amide bonds. The van der Waals surface area contributed by atoms with Gasteiger partial charge < -0.3 is 64.4 Å². The van der Waals surface area contributed by atoms with Gasteiger partial charge in [0.2, 0.25) is 47.3 Å². The van der Waals surface area contributed by atoms with E-state index in [4.69, 9.17) is 17.2 Å². The van der Waals surface area contributed by atoms with Gasteiger partial charge in [0.05, 0.1) is 6.33 Å². The number of carbonyl (C=O) groups is 8. The number of benzene rings is 3. The van der Waals surface area contributed by atoms with Crippen molar-refractivity contribution in [3.63, 3.8) is 0 Å². The third-order valence-electron chi connectivity index (χ3n) is 13.5. The molecule has 3 aromatic carbocycles. The Balaban J connectivity index is 1.41. The molecule has 0 radical (unpaired) electrons. The van der Waals surface area contributed by atoms with Gasteiger partial charge in [-0.1, -0.05) is 92.6 Å². The Labute approximate surface area is 473 Å². The van der Waals surface area contributed by atoms with E-state index in [9.17, 15) is 38.4 Å². The van der Waals surface area contributed by atoms with E-state index in [-0.39, 0.29) is 50.4 Å². The lowest BCUT2D eigenvalue weighted by atomic mass is 9.99. The van der Waals surface area contributed by atoms with E-state index in [1.54, 1.807) is 50.4 Å². The lowest BCUT2D eigenvalue weighted by Crippen LogP contribution is -2.62. The van der Waals surface area contributed by atoms with Crippen molar-refractivity contribution in [1.82, 2.24) is 52.2 Å². The van der Waals surface area contributed by atoms with E-state index in [0.29, 0.717) is 41.2 Å². The number of nitrogens with two attached hydrogens (primary N) is 3. The van der Waals surface area contributed by atoms with Crippen LogP contribution in [0.25, 0.3) is 10.9 Å². The fourth-order valence-corrected chi connectivity index (χ4v) is 11.2. The molecule has 7 atom stereocenters. The summed E-state index contributed by atoms with van der Waals surface area (Å²) in [7, 11) is 0. The quantitative estimate of drug-likeness (QED) is 0.0275. The molecule has 22 nitrogen and oxygen atoms in total. The summed E-state index contributed by atoms with van der Waals surface area (Å²) in [5.41, 5.74) is 21.7. The zero-order valence-electron chi connectivity index (χ0n) is 45.5. The van der Waals surface area contributed by atoms with Gasteiger partial charge in [0.1, 0.15) is 42.3 Å². The number of rotatable bonds is 17. The van der Waals surface area contributed by atoms with Gasteiger partial charge in [-0.25, -0.2) is 4.98 Å². The van der Waals surface area contributed by atoms with Crippen LogP contribution in [0.3, 0.4) is 0 Å². The van der Waals surface area contributed by atoms with Gasteiger partial charge in [-0.3, -0.25) is 43.3 Å². The molecule has 7 rings (SSSR count). The number of fused-ring (bicyclic) bond motifs is 24. The van der Waals surface area contributed by atoms with E-state index < -0.39 is 94.3 Å². The lowest BCUT2D eigenvalue weighted by molar-refractivity contribution is -0.135. The minimum Gasteiger partial charge on any atom is -0.370 e. The van der Waals surface area contributed by atoms with Gasteiger partial charge in [0.15, 0.2) is 5.96 Å². The number of guanidine groups is 1. The number of hydrogen-bond donors (Lipinski definition) is 12. The topological polar surface area (TPSA) is 356 Å². The summed E-state index contributed by atoms with van der Waals surface area (Å²) in [6.07, 6.45) is 6.23. The molecule has 428 valence electrons. The molecule has 0 fully saturated rings. The van der Waals surface area contributed by atoms with Crippen LogP contribution in [-0.4, -0.2) is 128 Å². The van der Waals surface area contributed by atoms with Crippen LogP contribution in [0, 0.1) is 0 Å². The number of nitrogens with zero attached hydrogens (tertiary/aromatic N) is 2. The number of unbranched alkanes of at least 4 members (excludes halogenated alkanes) is 1. The molecule has 5 aromatic rings. The fourth-order valence-electron chi connectivity index (χ4n) is 9.06. The summed E-state index contributed by atoms with van der Waals surface area (Å²) in [6.45, 7) is 6.92. The lowest BCUT2D eigenvalue weighted by Gasteiger charge is -2.33. The number of nitrogens with one attached hydrogen (secondary N) is 9. The maximum Gasteiger partial charge on any atom is 0.244 e. The van der Waals surface area contributed by atoms with Crippen molar-refractivity contribution in [3.8, 4) is 0 Å². The monoisotopic (exact) mass is 1130 g/mol. The molecule has 2 aromatic heterocycles. The Kier molecular flexibility index (Phi) is 23.0. The Bertz CT molecular complexity index is 2930. The highest BCUT2D eigenvalue weighted by molar-refractivity contribution is 8.00. The highest BCUT2D eigenvalue weighted by Gasteiger charge is 2.39. The van der Waals surface area contributed by atoms with Crippen LogP contribution in [0.15, 0.2) is 103 Å². The normalized spacial score (nSPS) is 21.2. The number of aliphatic imine (C=N–C) groups is 1. The van der Waals surface area contributed by atoms with Crippen LogP contribution < -0.4 is 54.4 Å². The van der Waals surface area contributed by atoms with Crippen molar-refractivity contribution >= 4 is 87.6 Å².